The van der Waals surface area contributed by atoms with E-state index in [1.165, 1.54) is 12.1 Å². The number of ether oxygens (including phenoxy) is 2. The van der Waals surface area contributed by atoms with Crippen LogP contribution >= 0.6 is 11.6 Å². The molecule has 0 fully saturated rings. The van der Waals surface area contributed by atoms with E-state index >= 15 is 0 Å². The van der Waals surface area contributed by atoms with E-state index in [9.17, 15) is 9.59 Å². The van der Waals surface area contributed by atoms with Gasteiger partial charge in [-0.15, -0.1) is 0 Å². The SMILES string of the molecule is CCCOC(=O)COc1cc2oc(=O)cc(-c3ccccc3)c2cc1Cl. The van der Waals surface area contributed by atoms with E-state index < -0.39 is 11.6 Å². The summed E-state index contributed by atoms with van der Waals surface area (Å²) >= 11 is 6.29. The van der Waals surface area contributed by atoms with Gasteiger partial charge in [-0.2, -0.15) is 0 Å². The van der Waals surface area contributed by atoms with Crippen LogP contribution in [-0.2, 0) is 9.53 Å². The highest BCUT2D eigenvalue weighted by Crippen LogP contribution is 2.34. The Morgan fingerprint density at radius 3 is 2.65 bits per heavy atom. The number of benzene rings is 2. The van der Waals surface area contributed by atoms with Crippen molar-refractivity contribution in [3.05, 3.63) is 64.0 Å². The normalized spacial score (nSPS) is 10.7. The van der Waals surface area contributed by atoms with E-state index in [0.29, 0.717) is 28.2 Å². The Hall–Kier alpha value is -2.79. The molecule has 0 spiro atoms. The zero-order valence-corrected chi connectivity index (χ0v) is 14.9. The molecule has 0 saturated carbocycles. The standard InChI is InChI=1S/C20H17ClO5/c1-2-8-24-20(23)12-25-18-11-17-15(9-16(18)21)14(10-19(22)26-17)13-6-4-3-5-7-13/h3-7,9-11H,2,8,12H2,1H3. The molecule has 0 aliphatic heterocycles. The van der Waals surface area contributed by atoms with Crippen molar-refractivity contribution < 1.29 is 18.7 Å². The van der Waals surface area contributed by atoms with Crippen molar-refractivity contribution in [1.82, 2.24) is 0 Å². The first-order valence-corrected chi connectivity index (χ1v) is 8.57. The fourth-order valence-corrected chi connectivity index (χ4v) is 2.74. The van der Waals surface area contributed by atoms with Gasteiger partial charge in [0.1, 0.15) is 11.3 Å². The smallest absolute Gasteiger partial charge is 0.344 e. The summed E-state index contributed by atoms with van der Waals surface area (Å²) in [7, 11) is 0. The van der Waals surface area contributed by atoms with Crippen molar-refractivity contribution >= 4 is 28.5 Å². The highest BCUT2D eigenvalue weighted by molar-refractivity contribution is 6.33. The van der Waals surface area contributed by atoms with Crippen LogP contribution in [-0.4, -0.2) is 19.2 Å². The number of esters is 1. The van der Waals surface area contributed by atoms with Gasteiger partial charge in [0, 0.05) is 17.5 Å². The molecule has 0 saturated heterocycles. The Balaban J connectivity index is 1.96. The molecule has 3 aromatic rings. The number of hydrogen-bond acceptors (Lipinski definition) is 5. The highest BCUT2D eigenvalue weighted by atomic mass is 35.5. The fourth-order valence-electron chi connectivity index (χ4n) is 2.52. The summed E-state index contributed by atoms with van der Waals surface area (Å²) in [6, 6.07) is 14.1. The third-order valence-electron chi connectivity index (χ3n) is 3.69. The van der Waals surface area contributed by atoms with E-state index in [1.807, 2.05) is 37.3 Å². The molecular formula is C20H17ClO5. The van der Waals surface area contributed by atoms with Gasteiger partial charge in [0.15, 0.2) is 6.61 Å². The second-order valence-electron chi connectivity index (χ2n) is 5.63. The number of rotatable bonds is 6. The van der Waals surface area contributed by atoms with Gasteiger partial charge >= 0.3 is 11.6 Å². The predicted molar refractivity (Wildman–Crippen MR) is 99.7 cm³/mol. The second kappa shape index (κ2) is 8.06. The lowest BCUT2D eigenvalue weighted by Crippen LogP contribution is -2.15. The van der Waals surface area contributed by atoms with Gasteiger partial charge in [0.25, 0.3) is 0 Å². The lowest BCUT2D eigenvalue weighted by Gasteiger charge is -2.11. The van der Waals surface area contributed by atoms with Gasteiger partial charge in [0.05, 0.1) is 11.6 Å². The summed E-state index contributed by atoms with van der Waals surface area (Å²) in [4.78, 5) is 23.5. The molecule has 0 aliphatic carbocycles. The Morgan fingerprint density at radius 1 is 1.15 bits per heavy atom. The molecule has 0 bridgehead atoms. The average Bonchev–Trinajstić information content (AvgIpc) is 2.65. The number of hydrogen-bond donors (Lipinski definition) is 0. The summed E-state index contributed by atoms with van der Waals surface area (Å²) in [5.41, 5.74) is 1.44. The minimum absolute atomic E-state index is 0.251. The third-order valence-corrected chi connectivity index (χ3v) is 3.99. The summed E-state index contributed by atoms with van der Waals surface area (Å²) in [5.74, 6) is -0.233. The maximum Gasteiger partial charge on any atom is 0.344 e. The van der Waals surface area contributed by atoms with Gasteiger partial charge in [-0.25, -0.2) is 9.59 Å². The van der Waals surface area contributed by atoms with E-state index in [2.05, 4.69) is 0 Å². The molecule has 3 rings (SSSR count). The number of carbonyl (C=O) groups excluding carboxylic acids is 1. The molecule has 0 N–H and O–H groups in total. The number of halogens is 1. The summed E-state index contributed by atoms with van der Waals surface area (Å²) < 4.78 is 15.7. The second-order valence-corrected chi connectivity index (χ2v) is 6.04. The van der Waals surface area contributed by atoms with E-state index in [-0.39, 0.29) is 12.4 Å². The van der Waals surface area contributed by atoms with Crippen LogP contribution < -0.4 is 10.4 Å². The van der Waals surface area contributed by atoms with Crippen LogP contribution in [0.15, 0.2) is 57.7 Å². The van der Waals surface area contributed by atoms with Crippen LogP contribution in [0, 0.1) is 0 Å². The van der Waals surface area contributed by atoms with Gasteiger partial charge in [-0.1, -0.05) is 48.9 Å². The quantitative estimate of drug-likeness (QED) is 0.472. The van der Waals surface area contributed by atoms with Crippen LogP contribution in [0.3, 0.4) is 0 Å². The van der Waals surface area contributed by atoms with Gasteiger partial charge in [-0.3, -0.25) is 0 Å². The predicted octanol–water partition coefficient (Wildman–Crippen LogP) is 4.45. The minimum atomic E-state index is -0.484. The molecule has 26 heavy (non-hydrogen) atoms. The van der Waals surface area contributed by atoms with Crippen LogP contribution in [0.25, 0.3) is 22.1 Å². The van der Waals surface area contributed by atoms with Crippen molar-refractivity contribution in [1.29, 1.82) is 0 Å². The first-order valence-electron chi connectivity index (χ1n) is 8.19. The van der Waals surface area contributed by atoms with E-state index in [1.54, 1.807) is 6.07 Å². The molecule has 6 heteroatoms. The van der Waals surface area contributed by atoms with Crippen molar-refractivity contribution in [2.45, 2.75) is 13.3 Å². The highest BCUT2D eigenvalue weighted by Gasteiger charge is 2.13. The first kappa shape index (κ1) is 18.0. The van der Waals surface area contributed by atoms with E-state index in [0.717, 1.165) is 12.0 Å². The lowest BCUT2D eigenvalue weighted by molar-refractivity contribution is -0.146. The van der Waals surface area contributed by atoms with Crippen molar-refractivity contribution in [2.24, 2.45) is 0 Å². The third kappa shape index (κ3) is 4.06. The van der Waals surface area contributed by atoms with Crippen LogP contribution in [0.5, 0.6) is 5.75 Å². The van der Waals surface area contributed by atoms with Gasteiger partial charge < -0.3 is 13.9 Å². The van der Waals surface area contributed by atoms with Crippen LogP contribution in [0.4, 0.5) is 0 Å². The fraction of sp³-hybridized carbons (Fsp3) is 0.200. The van der Waals surface area contributed by atoms with Gasteiger partial charge in [0.2, 0.25) is 0 Å². The zero-order valence-electron chi connectivity index (χ0n) is 14.2. The summed E-state index contributed by atoms with van der Waals surface area (Å²) in [6.07, 6.45) is 0.732. The van der Waals surface area contributed by atoms with Gasteiger partial charge in [-0.05, 0) is 23.6 Å². The summed E-state index contributed by atoms with van der Waals surface area (Å²) in [6.45, 7) is 1.97. The molecule has 5 nitrogen and oxygen atoms in total. The van der Waals surface area contributed by atoms with Crippen LogP contribution in [0.1, 0.15) is 13.3 Å². The van der Waals surface area contributed by atoms with Crippen LogP contribution in [0.2, 0.25) is 5.02 Å². The lowest BCUT2D eigenvalue weighted by atomic mass is 10.0. The number of fused-ring (bicyclic) bond motifs is 1. The average molecular weight is 373 g/mol. The molecule has 0 radical (unpaired) electrons. The molecule has 2 aromatic carbocycles. The molecule has 134 valence electrons. The molecule has 0 unspecified atom stereocenters. The molecule has 0 amide bonds. The largest absolute Gasteiger partial charge is 0.480 e. The monoisotopic (exact) mass is 372 g/mol. The van der Waals surface area contributed by atoms with E-state index in [4.69, 9.17) is 25.5 Å². The molecule has 1 heterocycles. The van der Waals surface area contributed by atoms with Crippen molar-refractivity contribution in [3.8, 4) is 16.9 Å². The minimum Gasteiger partial charge on any atom is -0.480 e. The molecule has 1 aromatic heterocycles. The first-order chi connectivity index (χ1) is 12.6. The Bertz CT molecular complexity index is 979. The van der Waals surface area contributed by atoms with Crippen molar-refractivity contribution in [2.75, 3.05) is 13.2 Å². The zero-order chi connectivity index (χ0) is 18.5. The molecule has 0 atom stereocenters. The molecule has 0 aliphatic rings. The Morgan fingerprint density at radius 2 is 1.92 bits per heavy atom. The Kier molecular flexibility index (Phi) is 5.58. The number of carbonyl (C=O) groups is 1. The topological polar surface area (TPSA) is 65.7 Å². The summed E-state index contributed by atoms with van der Waals surface area (Å²) in [5, 5.41) is 0.994. The maximum atomic E-state index is 11.9. The Labute approximate surface area is 155 Å². The van der Waals surface area contributed by atoms with Crippen molar-refractivity contribution in [3.63, 3.8) is 0 Å². The molecular weight excluding hydrogens is 356 g/mol. The maximum absolute atomic E-state index is 11.9.